The number of unbranched alkanes of at least 4 members (excludes halogenated alkanes) is 42. The molecule has 3 N–H and O–H groups in total. The predicted molar refractivity (Wildman–Crippen MR) is 368 cm³/mol. The molecule has 0 bridgehead atoms. The first-order chi connectivity index (χ1) is 44.2. The Hall–Kier alpha value is -2.46. The Balaban J connectivity index is 5.27. The van der Waals surface area contributed by atoms with Crippen LogP contribution in [0.25, 0.3) is 0 Å². The minimum absolute atomic E-state index is 0.0860. The minimum Gasteiger partial charge on any atom is -0.462 e. The summed E-state index contributed by atoms with van der Waals surface area (Å²) in [4.78, 5) is 72.6. The molecule has 17 nitrogen and oxygen atoms in total. The number of aliphatic hydroxyl groups excluding tert-OH is 1. The third kappa shape index (κ3) is 66.0. The molecule has 19 heteroatoms. The highest BCUT2D eigenvalue weighted by molar-refractivity contribution is 7.47. The fourth-order valence-corrected chi connectivity index (χ4v) is 12.1. The van der Waals surface area contributed by atoms with Gasteiger partial charge >= 0.3 is 39.5 Å². The summed E-state index contributed by atoms with van der Waals surface area (Å²) in [5.74, 6) is -2.15. The van der Waals surface area contributed by atoms with Gasteiger partial charge in [-0.25, -0.2) is 9.13 Å². The standard InChI is InChI=1S/C72H136O17P2/c1-5-9-13-17-21-25-29-31-33-35-38-41-45-49-53-57-70(75)83-63-68(89-72(77)59-55-51-47-43-39-36-34-32-30-26-22-18-14-10-6-2)65-87-91(80,81)85-61-66(73)60-84-90(78,79)86-64-67(62-82-69(74)56-52-48-44-40-28-24-20-16-12-8-4)88-71(76)58-54-50-46-42-37-27-23-19-15-11-7-3/h26,30,32,34,66-68,73H,5-25,27-29,31,33,35-65H2,1-4H3,(H,78,79)(H,80,81)/b30-26-,34-32-/t66-,67+,68+/m0/s1. The Bertz CT molecular complexity index is 1830. The molecule has 0 saturated heterocycles. The maximum Gasteiger partial charge on any atom is 0.472 e. The number of ether oxygens (including phenoxy) is 4. The van der Waals surface area contributed by atoms with Gasteiger partial charge in [0.2, 0.25) is 0 Å². The van der Waals surface area contributed by atoms with Crippen molar-refractivity contribution in [2.24, 2.45) is 0 Å². The number of esters is 4. The molecule has 0 heterocycles. The summed E-state index contributed by atoms with van der Waals surface area (Å²) < 4.78 is 68.3. The lowest BCUT2D eigenvalue weighted by Crippen LogP contribution is -2.30. The summed E-state index contributed by atoms with van der Waals surface area (Å²) in [6.45, 7) is 4.88. The zero-order chi connectivity index (χ0) is 66.8. The van der Waals surface area contributed by atoms with Gasteiger partial charge in [0.15, 0.2) is 12.2 Å². The van der Waals surface area contributed by atoms with Crippen LogP contribution < -0.4 is 0 Å². The van der Waals surface area contributed by atoms with Crippen molar-refractivity contribution in [2.45, 2.75) is 373 Å². The first-order valence-electron chi connectivity index (χ1n) is 37.1. The molecule has 2 unspecified atom stereocenters. The number of hydrogen-bond donors (Lipinski definition) is 3. The van der Waals surface area contributed by atoms with Crippen LogP contribution in [0.5, 0.6) is 0 Å². The summed E-state index contributed by atoms with van der Waals surface area (Å²) in [5.41, 5.74) is 0. The highest BCUT2D eigenvalue weighted by Crippen LogP contribution is 2.45. The van der Waals surface area contributed by atoms with Gasteiger partial charge in [0, 0.05) is 25.7 Å². The van der Waals surface area contributed by atoms with E-state index in [1.807, 2.05) is 0 Å². The molecule has 0 radical (unpaired) electrons. The van der Waals surface area contributed by atoms with E-state index in [1.54, 1.807) is 0 Å². The quantitative estimate of drug-likeness (QED) is 0.0169. The molecule has 536 valence electrons. The van der Waals surface area contributed by atoms with E-state index in [0.717, 1.165) is 103 Å². The van der Waals surface area contributed by atoms with Crippen LogP contribution in [0.3, 0.4) is 0 Å². The van der Waals surface area contributed by atoms with E-state index in [1.165, 1.54) is 173 Å². The summed E-state index contributed by atoms with van der Waals surface area (Å²) >= 11 is 0. The molecular formula is C72H136O17P2. The zero-order valence-electron chi connectivity index (χ0n) is 58.3. The van der Waals surface area contributed by atoms with Crippen molar-refractivity contribution in [3.8, 4) is 0 Å². The van der Waals surface area contributed by atoms with Gasteiger partial charge in [0.1, 0.15) is 19.3 Å². The Labute approximate surface area is 554 Å². The third-order valence-electron chi connectivity index (χ3n) is 16.2. The van der Waals surface area contributed by atoms with Crippen molar-refractivity contribution in [3.05, 3.63) is 24.3 Å². The van der Waals surface area contributed by atoms with Crippen LogP contribution in [0.2, 0.25) is 0 Å². The first kappa shape index (κ1) is 88.5. The van der Waals surface area contributed by atoms with Gasteiger partial charge in [-0.1, -0.05) is 302 Å². The number of phosphoric acid groups is 2. The minimum atomic E-state index is -4.96. The zero-order valence-corrected chi connectivity index (χ0v) is 60.1. The van der Waals surface area contributed by atoms with Crippen molar-refractivity contribution in [1.82, 2.24) is 0 Å². The monoisotopic (exact) mass is 1330 g/mol. The molecular weight excluding hydrogens is 1200 g/mol. The molecule has 0 spiro atoms. The van der Waals surface area contributed by atoms with Crippen molar-refractivity contribution < 1.29 is 80.2 Å². The van der Waals surface area contributed by atoms with Crippen molar-refractivity contribution >= 4 is 39.5 Å². The largest absolute Gasteiger partial charge is 0.472 e. The van der Waals surface area contributed by atoms with E-state index in [-0.39, 0.29) is 25.7 Å². The molecule has 0 aromatic heterocycles. The van der Waals surface area contributed by atoms with Crippen molar-refractivity contribution in [1.29, 1.82) is 0 Å². The molecule has 0 aliphatic carbocycles. The van der Waals surface area contributed by atoms with E-state index in [4.69, 9.17) is 37.0 Å². The van der Waals surface area contributed by atoms with Gasteiger partial charge in [0.05, 0.1) is 26.4 Å². The lowest BCUT2D eigenvalue weighted by atomic mass is 10.0. The van der Waals surface area contributed by atoms with Crippen LogP contribution in [-0.4, -0.2) is 96.7 Å². The Morgan fingerprint density at radius 3 is 0.802 bits per heavy atom. The number of phosphoric ester groups is 2. The van der Waals surface area contributed by atoms with Crippen molar-refractivity contribution in [3.63, 3.8) is 0 Å². The van der Waals surface area contributed by atoms with E-state index in [0.29, 0.717) is 25.7 Å². The van der Waals surface area contributed by atoms with Gasteiger partial charge in [-0.05, 0) is 51.4 Å². The van der Waals surface area contributed by atoms with Crippen LogP contribution in [0.1, 0.15) is 355 Å². The van der Waals surface area contributed by atoms with Gasteiger partial charge in [-0.15, -0.1) is 0 Å². The number of hydrogen-bond acceptors (Lipinski definition) is 15. The SMILES string of the molecule is CCCCCC/C=C\C=C/CCCCCCCC(=O)O[C@H](COC(=O)CCCCCCCCCCCCCCCCC)COP(=O)(O)OC[C@@H](O)COP(=O)(O)OC[C@@H](COC(=O)CCCCCCCCCCCC)OC(=O)CCCCCCCCCCCCC. The summed E-state index contributed by atoms with van der Waals surface area (Å²) in [6.07, 6.45) is 57.5. The lowest BCUT2D eigenvalue weighted by Gasteiger charge is -2.21. The average molecular weight is 1340 g/mol. The molecule has 0 amide bonds. The van der Waals surface area contributed by atoms with Gasteiger partial charge < -0.3 is 33.8 Å². The van der Waals surface area contributed by atoms with E-state index >= 15 is 0 Å². The number of rotatable bonds is 71. The van der Waals surface area contributed by atoms with Crippen molar-refractivity contribution in [2.75, 3.05) is 39.6 Å². The van der Waals surface area contributed by atoms with Gasteiger partial charge in [-0.2, -0.15) is 0 Å². The fourth-order valence-electron chi connectivity index (χ4n) is 10.5. The summed E-state index contributed by atoms with van der Waals surface area (Å²) in [5, 5.41) is 10.6. The van der Waals surface area contributed by atoms with E-state index in [2.05, 4.69) is 52.0 Å². The Morgan fingerprint density at radius 1 is 0.308 bits per heavy atom. The molecule has 0 saturated carbocycles. The smallest absolute Gasteiger partial charge is 0.462 e. The maximum absolute atomic E-state index is 13.0. The number of carbonyl (C=O) groups excluding carboxylic acids is 4. The van der Waals surface area contributed by atoms with E-state index < -0.39 is 97.5 Å². The van der Waals surface area contributed by atoms with Gasteiger partial charge in [-0.3, -0.25) is 37.3 Å². The van der Waals surface area contributed by atoms with Crippen LogP contribution in [0.4, 0.5) is 0 Å². The molecule has 0 aliphatic rings. The lowest BCUT2D eigenvalue weighted by molar-refractivity contribution is -0.161. The fraction of sp³-hybridized carbons (Fsp3) is 0.889. The molecule has 0 aliphatic heterocycles. The Kier molecular flexibility index (Phi) is 64.4. The molecule has 0 aromatic rings. The maximum atomic E-state index is 13.0. The highest BCUT2D eigenvalue weighted by Gasteiger charge is 2.30. The molecule has 0 rings (SSSR count). The summed E-state index contributed by atoms with van der Waals surface area (Å²) in [7, 11) is -9.91. The number of aliphatic hydroxyl groups is 1. The molecule has 0 aromatic carbocycles. The van der Waals surface area contributed by atoms with Crippen LogP contribution in [0, 0.1) is 0 Å². The number of carbonyl (C=O) groups is 4. The topological polar surface area (TPSA) is 237 Å². The second-order valence-electron chi connectivity index (χ2n) is 25.3. The predicted octanol–water partition coefficient (Wildman–Crippen LogP) is 20.6. The van der Waals surface area contributed by atoms with Crippen LogP contribution in [0.15, 0.2) is 24.3 Å². The first-order valence-corrected chi connectivity index (χ1v) is 40.1. The average Bonchev–Trinajstić information content (AvgIpc) is 3.72. The summed E-state index contributed by atoms with van der Waals surface area (Å²) in [6, 6.07) is 0. The van der Waals surface area contributed by atoms with Gasteiger partial charge in [0.25, 0.3) is 0 Å². The molecule has 0 fully saturated rings. The second kappa shape index (κ2) is 66.2. The Morgan fingerprint density at radius 2 is 0.527 bits per heavy atom. The second-order valence-corrected chi connectivity index (χ2v) is 28.2. The highest BCUT2D eigenvalue weighted by atomic mass is 31.2. The third-order valence-corrected chi connectivity index (χ3v) is 18.1. The molecule has 5 atom stereocenters. The van der Waals surface area contributed by atoms with E-state index in [9.17, 15) is 43.2 Å². The number of allylic oxidation sites excluding steroid dienone is 4. The normalized spacial score (nSPS) is 14.1. The molecule has 91 heavy (non-hydrogen) atoms. The van der Waals surface area contributed by atoms with Crippen LogP contribution >= 0.6 is 15.6 Å². The van der Waals surface area contributed by atoms with Crippen LogP contribution in [-0.2, 0) is 65.4 Å².